The van der Waals surface area contributed by atoms with Crippen molar-refractivity contribution in [3.05, 3.63) is 23.7 Å². The van der Waals surface area contributed by atoms with Crippen LogP contribution in [-0.4, -0.2) is 43.5 Å². The van der Waals surface area contributed by atoms with E-state index in [9.17, 15) is 4.79 Å². The van der Waals surface area contributed by atoms with Crippen LogP contribution in [0.3, 0.4) is 0 Å². The SMILES string of the molecule is COC1=C2OC3C(=O)CCC4C5CC(C=C1)C2C34CCN5C. The smallest absolute Gasteiger partial charge is 0.173 e. The second-order valence-corrected chi connectivity index (χ2v) is 7.69. The van der Waals surface area contributed by atoms with E-state index >= 15 is 0 Å². The molecule has 0 aromatic rings. The molecule has 0 amide bonds. The molecule has 0 radical (unpaired) electrons. The Morgan fingerprint density at radius 2 is 2.32 bits per heavy atom. The van der Waals surface area contributed by atoms with E-state index in [1.54, 1.807) is 7.11 Å². The maximum atomic E-state index is 12.6. The van der Waals surface area contributed by atoms with Gasteiger partial charge in [-0.05, 0) is 50.8 Å². The molecule has 4 nitrogen and oxygen atoms in total. The van der Waals surface area contributed by atoms with Crippen molar-refractivity contribution in [3.8, 4) is 0 Å². The van der Waals surface area contributed by atoms with Crippen molar-refractivity contribution in [2.45, 2.75) is 37.8 Å². The number of carbonyl (C=O) groups is 1. The summed E-state index contributed by atoms with van der Waals surface area (Å²) in [6.45, 7) is 1.08. The zero-order valence-electron chi connectivity index (χ0n) is 13.2. The van der Waals surface area contributed by atoms with E-state index < -0.39 is 0 Å². The van der Waals surface area contributed by atoms with Gasteiger partial charge in [0.15, 0.2) is 17.6 Å². The fraction of sp³-hybridized carbons (Fsp3) is 0.722. The quantitative estimate of drug-likeness (QED) is 0.743. The molecule has 2 saturated carbocycles. The first-order valence-corrected chi connectivity index (χ1v) is 8.53. The molecule has 5 aliphatic rings. The number of carbonyl (C=O) groups excluding carboxylic acids is 1. The van der Waals surface area contributed by atoms with Gasteiger partial charge in [-0.1, -0.05) is 6.08 Å². The van der Waals surface area contributed by atoms with E-state index in [1.165, 1.54) is 6.42 Å². The molecule has 2 saturated heterocycles. The summed E-state index contributed by atoms with van der Waals surface area (Å²) < 4.78 is 11.9. The van der Waals surface area contributed by atoms with Crippen molar-refractivity contribution < 1.29 is 14.3 Å². The van der Waals surface area contributed by atoms with Crippen molar-refractivity contribution >= 4 is 5.78 Å². The summed E-state index contributed by atoms with van der Waals surface area (Å²) in [6.07, 6.45) is 8.13. The second kappa shape index (κ2) is 4.16. The molecule has 4 fully saturated rings. The highest BCUT2D eigenvalue weighted by Crippen LogP contribution is 2.67. The summed E-state index contributed by atoms with van der Waals surface area (Å²) in [5, 5.41) is 0. The number of piperidine rings is 1. The van der Waals surface area contributed by atoms with Gasteiger partial charge in [0.25, 0.3) is 0 Å². The van der Waals surface area contributed by atoms with Crippen LogP contribution in [0.5, 0.6) is 0 Å². The van der Waals surface area contributed by atoms with Gasteiger partial charge in [-0.2, -0.15) is 0 Å². The Morgan fingerprint density at radius 1 is 1.45 bits per heavy atom. The molecule has 0 N–H and O–H groups in total. The first kappa shape index (κ1) is 13.2. The van der Waals surface area contributed by atoms with Crippen LogP contribution in [0.25, 0.3) is 0 Å². The summed E-state index contributed by atoms with van der Waals surface area (Å²) in [7, 11) is 3.96. The average Bonchev–Trinajstić information content (AvgIpc) is 2.88. The molecule has 3 aliphatic carbocycles. The van der Waals surface area contributed by atoms with Crippen LogP contribution in [0, 0.1) is 23.2 Å². The lowest BCUT2D eigenvalue weighted by molar-refractivity contribution is -0.159. The number of allylic oxidation sites excluding steroid dienone is 3. The molecule has 2 heterocycles. The third-order valence-corrected chi connectivity index (χ3v) is 7.11. The predicted molar refractivity (Wildman–Crippen MR) is 80.8 cm³/mol. The zero-order chi connectivity index (χ0) is 15.1. The van der Waals surface area contributed by atoms with Crippen LogP contribution >= 0.6 is 0 Å². The van der Waals surface area contributed by atoms with Crippen LogP contribution in [0.4, 0.5) is 0 Å². The van der Waals surface area contributed by atoms with Crippen LogP contribution in [-0.2, 0) is 14.3 Å². The standard InChI is InChI=1S/C18H23NO3/c1-19-8-7-18-11-4-5-13(20)17(18)22-16-14(21-2)6-3-10(15(16)18)9-12(11)19/h3,6,10-12,15,17H,4-5,7-9H2,1-2H3. The topological polar surface area (TPSA) is 38.8 Å². The van der Waals surface area contributed by atoms with Crippen LogP contribution < -0.4 is 0 Å². The normalized spacial score (nSPS) is 49.0. The number of rotatable bonds is 1. The maximum Gasteiger partial charge on any atom is 0.173 e. The largest absolute Gasteiger partial charge is 0.493 e. The van der Waals surface area contributed by atoms with E-state index in [1.807, 2.05) is 0 Å². The molecule has 0 aromatic heterocycles. The van der Waals surface area contributed by atoms with Crippen molar-refractivity contribution in [2.75, 3.05) is 20.7 Å². The maximum absolute atomic E-state index is 12.6. The minimum atomic E-state index is -0.227. The third-order valence-electron chi connectivity index (χ3n) is 7.11. The van der Waals surface area contributed by atoms with Gasteiger partial charge in [-0.15, -0.1) is 0 Å². The highest BCUT2D eigenvalue weighted by molar-refractivity contribution is 5.86. The van der Waals surface area contributed by atoms with Crippen molar-refractivity contribution in [2.24, 2.45) is 23.2 Å². The van der Waals surface area contributed by atoms with E-state index in [4.69, 9.17) is 9.47 Å². The fourth-order valence-corrected chi connectivity index (χ4v) is 6.29. The molecule has 22 heavy (non-hydrogen) atoms. The highest BCUT2D eigenvalue weighted by atomic mass is 16.5. The van der Waals surface area contributed by atoms with E-state index in [2.05, 4.69) is 24.1 Å². The second-order valence-electron chi connectivity index (χ2n) is 7.69. The molecule has 5 rings (SSSR count). The number of ketones is 1. The minimum Gasteiger partial charge on any atom is -0.493 e. The number of hydrogen-bond donors (Lipinski definition) is 0. The summed E-state index contributed by atoms with van der Waals surface area (Å²) in [5.41, 5.74) is 0.0271. The van der Waals surface area contributed by atoms with Crippen molar-refractivity contribution in [1.29, 1.82) is 0 Å². The molecule has 0 aromatic carbocycles. The lowest BCUT2D eigenvalue weighted by Gasteiger charge is -2.60. The molecule has 6 atom stereocenters. The number of nitrogens with zero attached hydrogens (tertiary/aromatic N) is 1. The summed E-state index contributed by atoms with van der Waals surface area (Å²) >= 11 is 0. The monoisotopic (exact) mass is 301 g/mol. The minimum absolute atomic E-state index is 0.0271. The van der Waals surface area contributed by atoms with Gasteiger partial charge in [-0.3, -0.25) is 4.79 Å². The molecule has 2 bridgehead atoms. The first-order chi connectivity index (χ1) is 10.7. The molecule has 2 aliphatic heterocycles. The Kier molecular flexibility index (Phi) is 2.49. The summed E-state index contributed by atoms with van der Waals surface area (Å²) in [4.78, 5) is 15.2. The zero-order valence-corrected chi connectivity index (χ0v) is 13.2. The molecular formula is C18H23NO3. The number of likely N-dealkylation sites (tertiary alicyclic amines) is 1. The Balaban J connectivity index is 1.72. The number of Topliss-reactive ketones (excluding diaryl/α,β-unsaturated/α-hetero) is 1. The van der Waals surface area contributed by atoms with Gasteiger partial charge in [0.1, 0.15) is 5.76 Å². The van der Waals surface area contributed by atoms with Crippen LogP contribution in [0.1, 0.15) is 25.7 Å². The molecule has 4 heteroatoms. The molecular weight excluding hydrogens is 278 g/mol. The van der Waals surface area contributed by atoms with Crippen molar-refractivity contribution in [3.63, 3.8) is 0 Å². The Labute approximate surface area is 131 Å². The summed E-state index contributed by atoms with van der Waals surface area (Å²) in [5.74, 6) is 3.58. The van der Waals surface area contributed by atoms with Gasteiger partial charge in [0.2, 0.25) is 0 Å². The van der Waals surface area contributed by atoms with Gasteiger partial charge in [0.05, 0.1) is 7.11 Å². The Bertz CT molecular complexity index is 609. The van der Waals surface area contributed by atoms with Gasteiger partial charge < -0.3 is 14.4 Å². The number of ether oxygens (including phenoxy) is 2. The lowest BCUT2D eigenvalue weighted by atomic mass is 9.46. The van der Waals surface area contributed by atoms with Gasteiger partial charge in [0, 0.05) is 23.8 Å². The predicted octanol–water partition coefficient (Wildman–Crippen LogP) is 2.12. The number of hydrogen-bond acceptors (Lipinski definition) is 4. The highest BCUT2D eigenvalue weighted by Gasteiger charge is 2.70. The summed E-state index contributed by atoms with van der Waals surface area (Å²) in [6, 6.07) is 0.599. The fourth-order valence-electron chi connectivity index (χ4n) is 6.29. The van der Waals surface area contributed by atoms with Gasteiger partial charge in [-0.25, -0.2) is 0 Å². The Hall–Kier alpha value is -1.29. The molecule has 118 valence electrons. The van der Waals surface area contributed by atoms with E-state index in [0.717, 1.165) is 30.9 Å². The van der Waals surface area contributed by atoms with E-state index in [-0.39, 0.29) is 11.5 Å². The number of methoxy groups -OCH3 is 1. The lowest BCUT2D eigenvalue weighted by Crippen LogP contribution is -2.65. The van der Waals surface area contributed by atoms with Crippen molar-refractivity contribution in [1.82, 2.24) is 4.90 Å². The molecule has 1 spiro atoms. The van der Waals surface area contributed by atoms with Crippen LogP contribution in [0.15, 0.2) is 23.7 Å². The van der Waals surface area contributed by atoms with Crippen LogP contribution in [0.2, 0.25) is 0 Å². The first-order valence-electron chi connectivity index (χ1n) is 8.53. The average molecular weight is 301 g/mol. The van der Waals surface area contributed by atoms with E-state index in [0.29, 0.717) is 36.0 Å². The third kappa shape index (κ3) is 1.32. The van der Waals surface area contributed by atoms with Gasteiger partial charge >= 0.3 is 0 Å². The Morgan fingerprint density at radius 3 is 3.14 bits per heavy atom. The molecule has 6 unspecified atom stereocenters.